The summed E-state index contributed by atoms with van der Waals surface area (Å²) in [7, 11) is 0. The highest BCUT2D eigenvalue weighted by Crippen LogP contribution is 2.33. The Labute approximate surface area is 165 Å². The van der Waals surface area contributed by atoms with Crippen LogP contribution in [0.25, 0.3) is 0 Å². The molecule has 0 radical (unpaired) electrons. The Balaban J connectivity index is 0.00000225. The first-order valence-corrected chi connectivity index (χ1v) is 8.14. The average Bonchev–Trinajstić information content (AvgIpc) is 2.77. The van der Waals surface area contributed by atoms with E-state index < -0.39 is 0 Å². The Kier molecular flexibility index (Phi) is 6.92. The summed E-state index contributed by atoms with van der Waals surface area (Å²) in [5.41, 5.74) is 10.3. The summed E-state index contributed by atoms with van der Waals surface area (Å²) in [5, 5.41) is 3.14. The molecule has 3 N–H and O–H groups in total. The molecule has 1 heterocycles. The fourth-order valence-electron chi connectivity index (χ4n) is 2.78. The summed E-state index contributed by atoms with van der Waals surface area (Å²) in [5.74, 6) is 1.94. The first kappa shape index (κ1) is 19.4. The van der Waals surface area contributed by atoms with Gasteiger partial charge in [0.1, 0.15) is 0 Å². The molecular formula is C19H24IN3O2. The van der Waals surface area contributed by atoms with Crippen molar-refractivity contribution in [1.29, 1.82) is 0 Å². The fraction of sp³-hybridized carbons (Fsp3) is 0.316. The number of halogens is 1. The van der Waals surface area contributed by atoms with Gasteiger partial charge in [0.15, 0.2) is 17.5 Å². The van der Waals surface area contributed by atoms with Gasteiger partial charge in [-0.05, 0) is 43.2 Å². The zero-order valence-corrected chi connectivity index (χ0v) is 16.9. The van der Waals surface area contributed by atoms with Crippen molar-refractivity contribution >= 4 is 35.6 Å². The molecule has 0 amide bonds. The topological polar surface area (TPSA) is 68.9 Å². The Morgan fingerprint density at radius 3 is 2.60 bits per heavy atom. The summed E-state index contributed by atoms with van der Waals surface area (Å²) in [6, 6.07) is 12.1. The number of anilines is 1. The van der Waals surface area contributed by atoms with Gasteiger partial charge in [-0.1, -0.05) is 18.2 Å². The van der Waals surface area contributed by atoms with Gasteiger partial charge in [0, 0.05) is 17.7 Å². The predicted molar refractivity (Wildman–Crippen MR) is 112 cm³/mol. The molecule has 0 aliphatic carbocycles. The highest BCUT2D eigenvalue weighted by atomic mass is 127. The third kappa shape index (κ3) is 5.26. The summed E-state index contributed by atoms with van der Waals surface area (Å²) in [4.78, 5) is 4.44. The van der Waals surface area contributed by atoms with Crippen molar-refractivity contribution in [1.82, 2.24) is 0 Å². The molecule has 25 heavy (non-hydrogen) atoms. The molecule has 1 aliphatic rings. The number of para-hydroxylation sites is 1. The normalized spacial score (nSPS) is 13.6. The molecule has 3 rings (SSSR count). The zero-order valence-electron chi connectivity index (χ0n) is 14.5. The molecule has 134 valence electrons. The van der Waals surface area contributed by atoms with Gasteiger partial charge in [0.25, 0.3) is 0 Å². The number of aryl methyl sites for hydroxylation is 2. The van der Waals surface area contributed by atoms with Crippen LogP contribution in [-0.4, -0.2) is 19.2 Å². The molecule has 2 aromatic rings. The van der Waals surface area contributed by atoms with Crippen molar-refractivity contribution in [3.05, 3.63) is 53.1 Å². The van der Waals surface area contributed by atoms with Crippen LogP contribution in [0.1, 0.15) is 23.1 Å². The second-order valence-corrected chi connectivity index (χ2v) is 6.00. The summed E-state index contributed by atoms with van der Waals surface area (Å²) >= 11 is 0. The maximum Gasteiger partial charge on any atom is 0.193 e. The van der Waals surface area contributed by atoms with Crippen LogP contribution in [0.3, 0.4) is 0 Å². The lowest BCUT2D eigenvalue weighted by Gasteiger charge is -2.12. The maximum absolute atomic E-state index is 6.03. The lowest BCUT2D eigenvalue weighted by Crippen LogP contribution is -2.22. The quantitative estimate of drug-likeness (QED) is 0.419. The van der Waals surface area contributed by atoms with E-state index in [1.54, 1.807) is 0 Å². The number of ether oxygens (including phenoxy) is 2. The third-order valence-corrected chi connectivity index (χ3v) is 3.77. The smallest absolute Gasteiger partial charge is 0.193 e. The summed E-state index contributed by atoms with van der Waals surface area (Å²) in [6.45, 7) is 5.89. The minimum atomic E-state index is 0. The molecule has 0 bridgehead atoms. The molecule has 0 aromatic heterocycles. The van der Waals surface area contributed by atoms with Gasteiger partial charge in [-0.2, -0.15) is 0 Å². The van der Waals surface area contributed by atoms with Crippen LogP contribution >= 0.6 is 24.0 Å². The van der Waals surface area contributed by atoms with Crippen LogP contribution in [0, 0.1) is 13.8 Å². The first-order valence-electron chi connectivity index (χ1n) is 8.14. The molecule has 1 aliphatic heterocycles. The Bertz CT molecular complexity index is 742. The van der Waals surface area contributed by atoms with Crippen molar-refractivity contribution < 1.29 is 9.47 Å². The second-order valence-electron chi connectivity index (χ2n) is 6.00. The van der Waals surface area contributed by atoms with E-state index in [2.05, 4.69) is 30.2 Å². The molecule has 2 aromatic carbocycles. The Morgan fingerprint density at radius 2 is 1.84 bits per heavy atom. The lowest BCUT2D eigenvalue weighted by atomic mass is 10.1. The minimum Gasteiger partial charge on any atom is -0.490 e. The number of fused-ring (bicyclic) bond motifs is 1. The van der Waals surface area contributed by atoms with Gasteiger partial charge in [-0.25, -0.2) is 4.99 Å². The van der Waals surface area contributed by atoms with Crippen LogP contribution in [0.4, 0.5) is 5.69 Å². The van der Waals surface area contributed by atoms with E-state index in [4.69, 9.17) is 15.2 Å². The van der Waals surface area contributed by atoms with Gasteiger partial charge < -0.3 is 20.5 Å². The van der Waals surface area contributed by atoms with E-state index in [1.807, 2.05) is 30.3 Å². The summed E-state index contributed by atoms with van der Waals surface area (Å²) < 4.78 is 11.5. The number of nitrogens with two attached hydrogens (primary N) is 1. The predicted octanol–water partition coefficient (Wildman–Crippen LogP) is 4.01. The van der Waals surface area contributed by atoms with Crippen LogP contribution in [0.2, 0.25) is 0 Å². The van der Waals surface area contributed by atoms with Crippen LogP contribution in [0.5, 0.6) is 11.5 Å². The molecule has 0 fully saturated rings. The van der Waals surface area contributed by atoms with Crippen molar-refractivity contribution in [3.8, 4) is 11.5 Å². The van der Waals surface area contributed by atoms with Crippen LogP contribution in [0.15, 0.2) is 41.4 Å². The number of rotatable bonds is 3. The first-order chi connectivity index (χ1) is 11.6. The molecule has 0 saturated heterocycles. The number of guanidine groups is 1. The van der Waals surface area contributed by atoms with Gasteiger partial charge in [-0.15, -0.1) is 24.0 Å². The Hall–Kier alpha value is -1.96. The molecule has 0 spiro atoms. The monoisotopic (exact) mass is 453 g/mol. The van der Waals surface area contributed by atoms with E-state index >= 15 is 0 Å². The molecule has 0 unspecified atom stereocenters. The van der Waals surface area contributed by atoms with Gasteiger partial charge in [0.2, 0.25) is 0 Å². The molecule has 5 nitrogen and oxygen atoms in total. The molecule has 6 heteroatoms. The zero-order chi connectivity index (χ0) is 16.9. The van der Waals surface area contributed by atoms with Crippen molar-refractivity contribution in [3.63, 3.8) is 0 Å². The largest absolute Gasteiger partial charge is 0.490 e. The number of hydrogen-bond donors (Lipinski definition) is 2. The van der Waals surface area contributed by atoms with E-state index in [0.717, 1.165) is 29.2 Å². The summed E-state index contributed by atoms with van der Waals surface area (Å²) in [6.07, 6.45) is 0.883. The number of aliphatic imine (C=N–C) groups is 1. The second kappa shape index (κ2) is 8.94. The van der Waals surface area contributed by atoms with Crippen LogP contribution < -0.4 is 20.5 Å². The van der Waals surface area contributed by atoms with Crippen molar-refractivity contribution in [2.75, 3.05) is 18.5 Å². The maximum atomic E-state index is 6.03. The van der Waals surface area contributed by atoms with Crippen molar-refractivity contribution in [2.24, 2.45) is 10.7 Å². The van der Waals surface area contributed by atoms with Crippen LogP contribution in [-0.2, 0) is 6.54 Å². The van der Waals surface area contributed by atoms with E-state index in [-0.39, 0.29) is 24.0 Å². The third-order valence-electron chi connectivity index (χ3n) is 3.77. The lowest BCUT2D eigenvalue weighted by molar-refractivity contribution is 0.296. The average molecular weight is 453 g/mol. The highest BCUT2D eigenvalue weighted by Gasteiger charge is 2.14. The van der Waals surface area contributed by atoms with E-state index in [9.17, 15) is 0 Å². The van der Waals surface area contributed by atoms with E-state index in [1.165, 1.54) is 11.1 Å². The standard InChI is InChI=1S/C19H23N3O2.HI/c1-13-9-14(2)11-16(10-13)22-19(20)21-12-15-5-3-6-17-18(15)24-8-4-7-23-17;/h3,5-6,9-11H,4,7-8,12H2,1-2H3,(H3,20,21,22);1H. The van der Waals surface area contributed by atoms with Gasteiger partial charge >= 0.3 is 0 Å². The van der Waals surface area contributed by atoms with Crippen molar-refractivity contribution in [2.45, 2.75) is 26.8 Å². The SMILES string of the molecule is Cc1cc(C)cc(NC(N)=NCc2cccc3c2OCCCO3)c1.I. The number of nitrogens with zero attached hydrogens (tertiary/aromatic N) is 1. The number of hydrogen-bond acceptors (Lipinski definition) is 3. The Morgan fingerprint density at radius 1 is 1.12 bits per heavy atom. The van der Waals surface area contributed by atoms with Gasteiger partial charge in [-0.3, -0.25) is 0 Å². The van der Waals surface area contributed by atoms with Gasteiger partial charge in [0.05, 0.1) is 19.8 Å². The van der Waals surface area contributed by atoms with E-state index in [0.29, 0.717) is 25.7 Å². The number of nitrogens with one attached hydrogen (secondary N) is 1. The molecule has 0 atom stereocenters. The minimum absolute atomic E-state index is 0. The fourth-order valence-corrected chi connectivity index (χ4v) is 2.78. The highest BCUT2D eigenvalue weighted by molar-refractivity contribution is 14.0. The molecule has 0 saturated carbocycles. The molecular weight excluding hydrogens is 429 g/mol. The number of benzene rings is 2.